The van der Waals surface area contributed by atoms with Crippen LogP contribution < -0.4 is 5.32 Å². The summed E-state index contributed by atoms with van der Waals surface area (Å²) < 4.78 is 0. The maximum absolute atomic E-state index is 11.7. The summed E-state index contributed by atoms with van der Waals surface area (Å²) in [5.41, 5.74) is 0. The summed E-state index contributed by atoms with van der Waals surface area (Å²) in [5.74, 6) is 1.94. The quantitative estimate of drug-likeness (QED) is 0.770. The Balaban J connectivity index is 2.20. The third-order valence-corrected chi connectivity index (χ3v) is 3.55. The Kier molecular flexibility index (Phi) is 6.10. The van der Waals surface area contributed by atoms with Crippen LogP contribution in [0, 0.1) is 5.92 Å². The lowest BCUT2D eigenvalue weighted by Gasteiger charge is -2.27. The van der Waals surface area contributed by atoms with E-state index >= 15 is 0 Å². The Morgan fingerprint density at radius 2 is 2.13 bits per heavy atom. The molecule has 0 aliphatic carbocycles. The lowest BCUT2D eigenvalue weighted by atomic mass is 9.98. The second kappa shape index (κ2) is 7.12. The predicted octanol–water partition coefficient (Wildman–Crippen LogP) is 1.20. The minimum Gasteiger partial charge on any atom is -0.345 e. The number of carbonyl (C=O) groups excluding carboxylic acids is 1. The van der Waals surface area contributed by atoms with Gasteiger partial charge in [0.05, 0.1) is 0 Å². The highest BCUT2D eigenvalue weighted by molar-refractivity contribution is 7.98. The standard InChI is InChI=1S/C11H22N2OS/c1-13(11(14)5-8-15-2)9-10-3-6-12-7-4-10/h10,12H,3-9H2,1-2H3. The SMILES string of the molecule is CSCCC(=O)N(C)CC1CCNCC1. The van der Waals surface area contributed by atoms with E-state index in [9.17, 15) is 4.79 Å². The number of carbonyl (C=O) groups is 1. The van der Waals surface area contributed by atoms with Crippen molar-refractivity contribution in [3.8, 4) is 0 Å². The van der Waals surface area contributed by atoms with Crippen molar-refractivity contribution < 1.29 is 4.79 Å². The van der Waals surface area contributed by atoms with E-state index in [4.69, 9.17) is 0 Å². The molecule has 1 rings (SSSR count). The van der Waals surface area contributed by atoms with Gasteiger partial charge >= 0.3 is 0 Å². The Morgan fingerprint density at radius 1 is 1.47 bits per heavy atom. The van der Waals surface area contributed by atoms with Crippen molar-refractivity contribution in [2.45, 2.75) is 19.3 Å². The average Bonchev–Trinajstić information content (AvgIpc) is 2.27. The number of hydrogen-bond donors (Lipinski definition) is 1. The minimum atomic E-state index is 0.294. The summed E-state index contributed by atoms with van der Waals surface area (Å²) in [4.78, 5) is 13.6. The maximum atomic E-state index is 11.7. The van der Waals surface area contributed by atoms with Crippen molar-refractivity contribution in [2.75, 3.05) is 38.7 Å². The van der Waals surface area contributed by atoms with Gasteiger partial charge in [-0.25, -0.2) is 0 Å². The smallest absolute Gasteiger partial charge is 0.223 e. The molecule has 1 fully saturated rings. The van der Waals surface area contributed by atoms with Gasteiger partial charge in [0.25, 0.3) is 0 Å². The Hall–Kier alpha value is -0.220. The van der Waals surface area contributed by atoms with Crippen LogP contribution in [-0.4, -0.2) is 49.5 Å². The summed E-state index contributed by atoms with van der Waals surface area (Å²) in [7, 11) is 1.94. The second-order valence-corrected chi connectivity index (χ2v) is 5.20. The molecular weight excluding hydrogens is 208 g/mol. The van der Waals surface area contributed by atoms with Crippen LogP contribution in [0.3, 0.4) is 0 Å². The molecular formula is C11H22N2OS. The number of piperidine rings is 1. The molecule has 0 aromatic carbocycles. The second-order valence-electron chi connectivity index (χ2n) is 4.21. The number of nitrogens with zero attached hydrogens (tertiary/aromatic N) is 1. The van der Waals surface area contributed by atoms with Gasteiger partial charge < -0.3 is 10.2 Å². The van der Waals surface area contributed by atoms with E-state index in [2.05, 4.69) is 5.32 Å². The fourth-order valence-electron chi connectivity index (χ4n) is 1.93. The van der Waals surface area contributed by atoms with Crippen LogP contribution in [0.1, 0.15) is 19.3 Å². The predicted molar refractivity (Wildman–Crippen MR) is 66.2 cm³/mol. The van der Waals surface area contributed by atoms with Gasteiger partial charge in [-0.3, -0.25) is 4.79 Å². The van der Waals surface area contributed by atoms with Gasteiger partial charge in [-0.15, -0.1) is 0 Å². The number of rotatable bonds is 5. The summed E-state index contributed by atoms with van der Waals surface area (Å²) in [5, 5.41) is 3.34. The first-order valence-corrected chi connectivity index (χ1v) is 7.07. The van der Waals surface area contributed by atoms with Gasteiger partial charge in [0.15, 0.2) is 0 Å². The van der Waals surface area contributed by atoms with Crippen molar-refractivity contribution in [3.05, 3.63) is 0 Å². The summed E-state index contributed by atoms with van der Waals surface area (Å²) in [6.45, 7) is 3.16. The molecule has 0 atom stereocenters. The molecule has 1 aliphatic heterocycles. The summed E-state index contributed by atoms with van der Waals surface area (Å²) in [6, 6.07) is 0. The Bertz CT molecular complexity index is 193. The molecule has 0 aromatic rings. The van der Waals surface area contributed by atoms with Gasteiger partial charge in [-0.05, 0) is 38.1 Å². The van der Waals surface area contributed by atoms with Gasteiger partial charge in [0.2, 0.25) is 5.91 Å². The molecule has 15 heavy (non-hydrogen) atoms. The topological polar surface area (TPSA) is 32.3 Å². The van der Waals surface area contributed by atoms with Crippen molar-refractivity contribution in [1.82, 2.24) is 10.2 Å². The van der Waals surface area contributed by atoms with E-state index < -0.39 is 0 Å². The van der Waals surface area contributed by atoms with Crippen LogP contribution in [-0.2, 0) is 4.79 Å². The molecule has 1 heterocycles. The number of nitrogens with one attached hydrogen (secondary N) is 1. The minimum absolute atomic E-state index is 0.294. The maximum Gasteiger partial charge on any atom is 0.223 e. The van der Waals surface area contributed by atoms with Gasteiger partial charge in [-0.2, -0.15) is 11.8 Å². The highest BCUT2D eigenvalue weighted by Gasteiger charge is 2.17. The molecule has 0 radical (unpaired) electrons. The first-order valence-electron chi connectivity index (χ1n) is 5.67. The molecule has 88 valence electrons. The number of amides is 1. The zero-order chi connectivity index (χ0) is 11.1. The van der Waals surface area contributed by atoms with Gasteiger partial charge in [0, 0.05) is 25.8 Å². The third kappa shape index (κ3) is 4.89. The van der Waals surface area contributed by atoms with Crippen LogP contribution >= 0.6 is 11.8 Å². The van der Waals surface area contributed by atoms with Crippen LogP contribution in [0.2, 0.25) is 0 Å². The molecule has 4 heteroatoms. The fourth-order valence-corrected chi connectivity index (χ4v) is 2.31. The first kappa shape index (κ1) is 12.8. The summed E-state index contributed by atoms with van der Waals surface area (Å²) in [6.07, 6.45) is 5.14. The van der Waals surface area contributed by atoms with Crippen molar-refractivity contribution in [2.24, 2.45) is 5.92 Å². The van der Waals surface area contributed by atoms with Crippen LogP contribution in [0.15, 0.2) is 0 Å². The van der Waals surface area contributed by atoms with Crippen molar-refractivity contribution in [1.29, 1.82) is 0 Å². The van der Waals surface area contributed by atoms with Crippen molar-refractivity contribution >= 4 is 17.7 Å². The van der Waals surface area contributed by atoms with Crippen LogP contribution in [0.25, 0.3) is 0 Å². The molecule has 0 aromatic heterocycles. The zero-order valence-corrected chi connectivity index (χ0v) is 10.6. The van der Waals surface area contributed by atoms with E-state index in [1.54, 1.807) is 11.8 Å². The molecule has 1 N–H and O–H groups in total. The van der Waals surface area contributed by atoms with Gasteiger partial charge in [0.1, 0.15) is 0 Å². The first-order chi connectivity index (χ1) is 7.24. The number of thioether (sulfide) groups is 1. The molecule has 1 amide bonds. The van der Waals surface area contributed by atoms with E-state index in [0.29, 0.717) is 18.2 Å². The third-order valence-electron chi connectivity index (χ3n) is 2.94. The molecule has 1 aliphatic rings. The largest absolute Gasteiger partial charge is 0.345 e. The molecule has 1 saturated heterocycles. The lowest BCUT2D eigenvalue weighted by Crippen LogP contribution is -2.37. The van der Waals surface area contributed by atoms with Crippen LogP contribution in [0.4, 0.5) is 0 Å². The average molecular weight is 230 g/mol. The highest BCUT2D eigenvalue weighted by Crippen LogP contribution is 2.13. The van der Waals surface area contributed by atoms with E-state index in [-0.39, 0.29) is 0 Å². The Labute approximate surface area is 97.0 Å². The monoisotopic (exact) mass is 230 g/mol. The van der Waals surface area contributed by atoms with Crippen LogP contribution in [0.5, 0.6) is 0 Å². The summed E-state index contributed by atoms with van der Waals surface area (Å²) >= 11 is 1.74. The Morgan fingerprint density at radius 3 is 2.73 bits per heavy atom. The number of hydrogen-bond acceptors (Lipinski definition) is 3. The fraction of sp³-hybridized carbons (Fsp3) is 0.909. The molecule has 0 unspecified atom stereocenters. The highest BCUT2D eigenvalue weighted by atomic mass is 32.2. The molecule has 3 nitrogen and oxygen atoms in total. The molecule has 0 spiro atoms. The molecule has 0 saturated carbocycles. The lowest BCUT2D eigenvalue weighted by molar-refractivity contribution is -0.130. The van der Waals surface area contributed by atoms with E-state index in [1.807, 2.05) is 18.2 Å². The normalized spacial score (nSPS) is 17.7. The molecule has 0 bridgehead atoms. The van der Waals surface area contributed by atoms with Gasteiger partial charge in [-0.1, -0.05) is 0 Å². The van der Waals surface area contributed by atoms with E-state index in [1.165, 1.54) is 12.8 Å². The van der Waals surface area contributed by atoms with Crippen molar-refractivity contribution in [3.63, 3.8) is 0 Å². The zero-order valence-electron chi connectivity index (χ0n) is 9.79. The van der Waals surface area contributed by atoms with E-state index in [0.717, 1.165) is 25.4 Å².